The van der Waals surface area contributed by atoms with Crippen LogP contribution in [-0.4, -0.2) is 43.5 Å². The van der Waals surface area contributed by atoms with E-state index in [2.05, 4.69) is 5.32 Å². The van der Waals surface area contributed by atoms with Gasteiger partial charge in [-0.05, 0) is 36.6 Å². The standard InChI is InChI=1S/C17H25N3O3/c1-12(21)19-16(14-3-5-15(23-2)6-4-14)9-17(22)20-8-7-13(10-18)11-20/h3-6,13,16H,7-11,18H2,1-2H3,(H,19,21)/t13-,16-/m0/s1. The minimum absolute atomic E-state index is 0.0514. The van der Waals surface area contributed by atoms with Gasteiger partial charge < -0.3 is 20.7 Å². The van der Waals surface area contributed by atoms with Crippen LogP contribution in [0.3, 0.4) is 0 Å². The molecule has 0 aromatic heterocycles. The Labute approximate surface area is 137 Å². The van der Waals surface area contributed by atoms with E-state index in [1.165, 1.54) is 6.92 Å². The van der Waals surface area contributed by atoms with Crippen LogP contribution in [0.15, 0.2) is 24.3 Å². The molecular formula is C17H25N3O3. The number of amides is 2. The topological polar surface area (TPSA) is 84.7 Å². The summed E-state index contributed by atoms with van der Waals surface area (Å²) in [4.78, 5) is 25.8. The number of hydrogen-bond acceptors (Lipinski definition) is 4. The molecule has 1 aliphatic rings. The largest absolute Gasteiger partial charge is 0.497 e. The fourth-order valence-corrected chi connectivity index (χ4v) is 2.89. The Hall–Kier alpha value is -2.08. The summed E-state index contributed by atoms with van der Waals surface area (Å²) >= 11 is 0. The molecule has 126 valence electrons. The van der Waals surface area contributed by atoms with Gasteiger partial charge in [-0.3, -0.25) is 9.59 Å². The number of methoxy groups -OCH3 is 1. The van der Waals surface area contributed by atoms with E-state index in [0.717, 1.165) is 24.3 Å². The summed E-state index contributed by atoms with van der Waals surface area (Å²) in [5.41, 5.74) is 6.57. The number of hydrogen-bond donors (Lipinski definition) is 2. The van der Waals surface area contributed by atoms with E-state index in [1.54, 1.807) is 7.11 Å². The zero-order chi connectivity index (χ0) is 16.8. The summed E-state index contributed by atoms with van der Waals surface area (Å²) in [6.07, 6.45) is 1.21. The van der Waals surface area contributed by atoms with Gasteiger partial charge in [0, 0.05) is 20.0 Å². The molecule has 1 heterocycles. The van der Waals surface area contributed by atoms with Gasteiger partial charge in [-0.15, -0.1) is 0 Å². The molecule has 0 aliphatic carbocycles. The van der Waals surface area contributed by atoms with Crippen molar-refractivity contribution < 1.29 is 14.3 Å². The summed E-state index contributed by atoms with van der Waals surface area (Å²) in [6, 6.07) is 7.07. The van der Waals surface area contributed by atoms with Crippen LogP contribution >= 0.6 is 0 Å². The Balaban J connectivity index is 2.05. The van der Waals surface area contributed by atoms with Crippen LogP contribution < -0.4 is 15.8 Å². The first-order valence-corrected chi connectivity index (χ1v) is 7.92. The number of nitrogens with one attached hydrogen (secondary N) is 1. The highest BCUT2D eigenvalue weighted by Gasteiger charge is 2.27. The highest BCUT2D eigenvalue weighted by atomic mass is 16.5. The van der Waals surface area contributed by atoms with Gasteiger partial charge in [-0.25, -0.2) is 0 Å². The molecule has 0 spiro atoms. The van der Waals surface area contributed by atoms with Crippen LogP contribution in [0.5, 0.6) is 5.75 Å². The van der Waals surface area contributed by atoms with Crippen molar-refractivity contribution in [2.24, 2.45) is 11.7 Å². The van der Waals surface area contributed by atoms with E-state index in [-0.39, 0.29) is 24.3 Å². The number of benzene rings is 1. The van der Waals surface area contributed by atoms with Crippen molar-refractivity contribution in [3.05, 3.63) is 29.8 Å². The molecule has 2 atom stereocenters. The SMILES string of the molecule is COc1ccc([C@H](CC(=O)N2CC[C@@H](CN)C2)NC(C)=O)cc1. The molecule has 1 aromatic rings. The van der Waals surface area contributed by atoms with Gasteiger partial charge >= 0.3 is 0 Å². The average Bonchev–Trinajstić information content (AvgIpc) is 3.03. The maximum Gasteiger partial charge on any atom is 0.224 e. The van der Waals surface area contributed by atoms with E-state index < -0.39 is 0 Å². The van der Waals surface area contributed by atoms with Gasteiger partial charge in [0.05, 0.1) is 19.6 Å². The predicted molar refractivity (Wildman–Crippen MR) is 87.9 cm³/mol. The highest BCUT2D eigenvalue weighted by molar-refractivity contribution is 5.79. The maximum atomic E-state index is 12.5. The summed E-state index contributed by atoms with van der Waals surface area (Å²) in [5, 5.41) is 2.86. The number of nitrogens with two attached hydrogens (primary N) is 1. The summed E-state index contributed by atoms with van der Waals surface area (Å²) in [7, 11) is 1.60. The first-order valence-electron chi connectivity index (χ1n) is 7.92. The first-order chi connectivity index (χ1) is 11.0. The fourth-order valence-electron chi connectivity index (χ4n) is 2.89. The molecule has 0 saturated carbocycles. The van der Waals surface area contributed by atoms with Gasteiger partial charge in [0.15, 0.2) is 0 Å². The van der Waals surface area contributed by atoms with Gasteiger partial charge in [-0.2, -0.15) is 0 Å². The van der Waals surface area contributed by atoms with Crippen molar-refractivity contribution in [2.45, 2.75) is 25.8 Å². The maximum absolute atomic E-state index is 12.5. The van der Waals surface area contributed by atoms with Crippen LogP contribution in [0.4, 0.5) is 0 Å². The minimum atomic E-state index is -0.331. The number of carbonyl (C=O) groups excluding carboxylic acids is 2. The quantitative estimate of drug-likeness (QED) is 0.821. The fraction of sp³-hybridized carbons (Fsp3) is 0.529. The second kappa shape index (κ2) is 7.97. The third kappa shape index (κ3) is 4.69. The van der Waals surface area contributed by atoms with E-state index in [9.17, 15) is 9.59 Å². The molecule has 6 nitrogen and oxygen atoms in total. The van der Waals surface area contributed by atoms with Crippen molar-refractivity contribution in [3.8, 4) is 5.75 Å². The number of nitrogens with zero attached hydrogens (tertiary/aromatic N) is 1. The molecule has 1 saturated heterocycles. The molecule has 2 amide bonds. The van der Waals surface area contributed by atoms with E-state index >= 15 is 0 Å². The first kappa shape index (κ1) is 17.3. The van der Waals surface area contributed by atoms with Crippen LogP contribution in [-0.2, 0) is 9.59 Å². The molecule has 1 aliphatic heterocycles. The predicted octanol–water partition coefficient (Wildman–Crippen LogP) is 1.07. The summed E-state index contributed by atoms with van der Waals surface area (Å²) < 4.78 is 5.14. The molecular weight excluding hydrogens is 294 g/mol. The Kier molecular flexibility index (Phi) is 5.98. The second-order valence-electron chi connectivity index (χ2n) is 5.96. The van der Waals surface area contributed by atoms with Crippen molar-refractivity contribution in [1.82, 2.24) is 10.2 Å². The van der Waals surface area contributed by atoms with Crippen LogP contribution in [0, 0.1) is 5.92 Å². The average molecular weight is 319 g/mol. The number of ether oxygens (including phenoxy) is 1. The zero-order valence-electron chi connectivity index (χ0n) is 13.7. The number of carbonyl (C=O) groups is 2. The molecule has 6 heteroatoms. The molecule has 3 N–H and O–H groups in total. The third-order valence-electron chi connectivity index (χ3n) is 4.25. The Morgan fingerprint density at radius 3 is 2.61 bits per heavy atom. The number of rotatable bonds is 6. The lowest BCUT2D eigenvalue weighted by atomic mass is 10.0. The normalized spacial score (nSPS) is 18.6. The number of likely N-dealkylation sites (tertiary alicyclic amines) is 1. The van der Waals surface area contributed by atoms with Gasteiger partial charge in [0.1, 0.15) is 5.75 Å². The second-order valence-corrected chi connectivity index (χ2v) is 5.96. The van der Waals surface area contributed by atoms with Crippen molar-refractivity contribution in [2.75, 3.05) is 26.7 Å². The molecule has 1 fully saturated rings. The van der Waals surface area contributed by atoms with E-state index in [1.807, 2.05) is 29.2 Å². The molecule has 0 radical (unpaired) electrons. The van der Waals surface area contributed by atoms with Gasteiger partial charge in [-0.1, -0.05) is 12.1 Å². The van der Waals surface area contributed by atoms with E-state index in [4.69, 9.17) is 10.5 Å². The lowest BCUT2D eigenvalue weighted by molar-refractivity contribution is -0.131. The molecule has 0 unspecified atom stereocenters. The van der Waals surface area contributed by atoms with Crippen LogP contribution in [0.25, 0.3) is 0 Å². The van der Waals surface area contributed by atoms with E-state index in [0.29, 0.717) is 19.0 Å². The molecule has 1 aromatic carbocycles. The minimum Gasteiger partial charge on any atom is -0.497 e. The smallest absolute Gasteiger partial charge is 0.224 e. The monoisotopic (exact) mass is 319 g/mol. The molecule has 0 bridgehead atoms. The van der Waals surface area contributed by atoms with Crippen molar-refractivity contribution in [3.63, 3.8) is 0 Å². The highest BCUT2D eigenvalue weighted by Crippen LogP contribution is 2.23. The van der Waals surface area contributed by atoms with Crippen molar-refractivity contribution >= 4 is 11.8 Å². The molecule has 23 heavy (non-hydrogen) atoms. The Morgan fingerprint density at radius 2 is 2.09 bits per heavy atom. The Bertz CT molecular complexity index is 545. The zero-order valence-corrected chi connectivity index (χ0v) is 13.7. The van der Waals surface area contributed by atoms with Crippen LogP contribution in [0.1, 0.15) is 31.4 Å². The Morgan fingerprint density at radius 1 is 1.39 bits per heavy atom. The third-order valence-corrected chi connectivity index (χ3v) is 4.25. The lowest BCUT2D eigenvalue weighted by Gasteiger charge is -2.22. The summed E-state index contributed by atoms with van der Waals surface area (Å²) in [5.74, 6) is 1.03. The van der Waals surface area contributed by atoms with Crippen LogP contribution in [0.2, 0.25) is 0 Å². The van der Waals surface area contributed by atoms with Crippen molar-refractivity contribution in [1.29, 1.82) is 0 Å². The van der Waals surface area contributed by atoms with Gasteiger partial charge in [0.2, 0.25) is 11.8 Å². The lowest BCUT2D eigenvalue weighted by Crippen LogP contribution is -2.35. The van der Waals surface area contributed by atoms with Gasteiger partial charge in [0.25, 0.3) is 0 Å². The molecule has 2 rings (SSSR count). The summed E-state index contributed by atoms with van der Waals surface area (Å²) in [6.45, 7) is 3.53.